The predicted molar refractivity (Wildman–Crippen MR) is 90.1 cm³/mol. The third-order valence-electron chi connectivity index (χ3n) is 4.41. The van der Waals surface area contributed by atoms with Crippen LogP contribution in [0.1, 0.15) is 47.3 Å². The smallest absolute Gasteiger partial charge is 0.419 e. The van der Waals surface area contributed by atoms with Crippen LogP contribution in [0.15, 0.2) is 31.0 Å². The average molecular weight is 391 g/mol. The summed E-state index contributed by atoms with van der Waals surface area (Å²) in [6.07, 6.45) is 2.72. The number of halogens is 3. The number of carbonyl (C=O) groups excluding carboxylic acids is 1. The summed E-state index contributed by atoms with van der Waals surface area (Å²) in [6, 6.07) is 2.18. The van der Waals surface area contributed by atoms with E-state index in [0.29, 0.717) is 31.2 Å². The molecule has 1 fully saturated rings. The van der Waals surface area contributed by atoms with E-state index in [4.69, 9.17) is 10.00 Å². The largest absolute Gasteiger partial charge is 0.489 e. The molecule has 1 N–H and O–H groups in total. The summed E-state index contributed by atoms with van der Waals surface area (Å²) >= 11 is 0. The highest BCUT2D eigenvalue weighted by Crippen LogP contribution is 2.34. The Hall–Kier alpha value is -3.22. The molecule has 1 aliphatic carbocycles. The van der Waals surface area contributed by atoms with Crippen LogP contribution in [-0.4, -0.2) is 33.0 Å². The Balaban J connectivity index is 1.56. The molecule has 0 saturated heterocycles. The van der Waals surface area contributed by atoms with Crippen molar-refractivity contribution in [1.82, 2.24) is 20.3 Å². The molecule has 28 heavy (non-hydrogen) atoms. The number of rotatable bonds is 4. The molecule has 1 saturated carbocycles. The molecule has 3 rings (SSSR count). The molecular weight excluding hydrogens is 375 g/mol. The van der Waals surface area contributed by atoms with Crippen molar-refractivity contribution in [3.05, 3.63) is 47.8 Å². The summed E-state index contributed by atoms with van der Waals surface area (Å²) in [5.41, 5.74) is -1.43. The number of amides is 1. The summed E-state index contributed by atoms with van der Waals surface area (Å²) in [5, 5.41) is 11.7. The van der Waals surface area contributed by atoms with Crippen molar-refractivity contribution in [1.29, 1.82) is 5.26 Å². The minimum atomic E-state index is -4.68. The zero-order valence-corrected chi connectivity index (χ0v) is 14.6. The Bertz CT molecular complexity index is 875. The van der Waals surface area contributed by atoms with Crippen LogP contribution in [0.2, 0.25) is 0 Å². The summed E-state index contributed by atoms with van der Waals surface area (Å²) in [7, 11) is 0. The van der Waals surface area contributed by atoms with Gasteiger partial charge in [-0.15, -0.1) is 0 Å². The van der Waals surface area contributed by atoms with Crippen LogP contribution in [0.25, 0.3) is 0 Å². The fraction of sp³-hybridized carbons (Fsp3) is 0.389. The third kappa shape index (κ3) is 4.73. The molecule has 2 aromatic heterocycles. The Morgan fingerprint density at radius 3 is 2.46 bits per heavy atom. The zero-order chi connectivity index (χ0) is 20.1. The van der Waals surface area contributed by atoms with Gasteiger partial charge in [-0.25, -0.2) is 15.0 Å². The molecule has 0 unspecified atom stereocenters. The maximum Gasteiger partial charge on any atom is 0.419 e. The molecule has 2 aromatic rings. The van der Waals surface area contributed by atoms with Crippen LogP contribution in [-0.2, 0) is 6.18 Å². The maximum atomic E-state index is 13.0. The molecule has 2 heterocycles. The number of pyridine rings is 1. The number of hydrogen-bond acceptors (Lipinski definition) is 6. The van der Waals surface area contributed by atoms with Gasteiger partial charge >= 0.3 is 6.18 Å². The lowest BCUT2D eigenvalue weighted by molar-refractivity contribution is -0.138. The molecule has 10 heteroatoms. The van der Waals surface area contributed by atoms with Gasteiger partial charge in [0.25, 0.3) is 5.91 Å². The molecule has 0 aromatic carbocycles. The lowest BCUT2D eigenvalue weighted by atomic mass is 9.92. The first-order valence-electron chi connectivity index (χ1n) is 8.56. The Morgan fingerprint density at radius 2 is 1.86 bits per heavy atom. The van der Waals surface area contributed by atoms with Gasteiger partial charge in [0.15, 0.2) is 5.69 Å². The molecular formula is C18H16F3N5O2. The van der Waals surface area contributed by atoms with Crippen LogP contribution in [0.5, 0.6) is 5.75 Å². The van der Waals surface area contributed by atoms with Crippen molar-refractivity contribution in [3.8, 4) is 11.8 Å². The number of nitriles is 1. The van der Waals surface area contributed by atoms with Crippen molar-refractivity contribution in [2.24, 2.45) is 0 Å². The number of ether oxygens (including phenoxy) is 1. The number of nitrogens with one attached hydrogen (secondary N) is 1. The van der Waals surface area contributed by atoms with Gasteiger partial charge in [-0.3, -0.25) is 4.79 Å². The second-order valence-corrected chi connectivity index (χ2v) is 6.37. The molecule has 146 valence electrons. The number of aromatic nitrogens is 3. The second kappa shape index (κ2) is 8.21. The van der Waals surface area contributed by atoms with E-state index in [-0.39, 0.29) is 23.8 Å². The monoisotopic (exact) mass is 391 g/mol. The van der Waals surface area contributed by atoms with Crippen LogP contribution in [0, 0.1) is 11.3 Å². The van der Waals surface area contributed by atoms with Gasteiger partial charge in [0, 0.05) is 18.4 Å². The first-order valence-corrected chi connectivity index (χ1v) is 8.56. The normalized spacial score (nSPS) is 19.5. The number of alkyl halides is 3. The third-order valence-corrected chi connectivity index (χ3v) is 4.41. The van der Waals surface area contributed by atoms with Crippen molar-refractivity contribution in [3.63, 3.8) is 0 Å². The zero-order valence-electron chi connectivity index (χ0n) is 14.6. The van der Waals surface area contributed by atoms with Crippen LogP contribution in [0.3, 0.4) is 0 Å². The molecule has 0 aliphatic heterocycles. The summed E-state index contributed by atoms with van der Waals surface area (Å²) in [4.78, 5) is 23.2. The standard InChI is InChI=1S/C18H16F3N5O2/c19-18(20,21)15-5-14(9-25-16(15)6-22)28-13-3-1-12(2-4-13)26-17(27)11-7-23-10-24-8-11/h5,7-10,12-13H,1-4H2,(H,26,27)/t12-,13-. The SMILES string of the molecule is N#Cc1ncc(O[C@H]2CC[C@H](NC(=O)c3cncnc3)CC2)cc1C(F)(F)F. The van der Waals surface area contributed by atoms with Gasteiger partial charge in [-0.1, -0.05) is 0 Å². The van der Waals surface area contributed by atoms with Crippen molar-refractivity contribution >= 4 is 5.91 Å². The van der Waals surface area contributed by atoms with Crippen LogP contribution in [0.4, 0.5) is 13.2 Å². The van der Waals surface area contributed by atoms with E-state index < -0.39 is 17.4 Å². The van der Waals surface area contributed by atoms with Gasteiger partial charge in [-0.2, -0.15) is 18.4 Å². The predicted octanol–water partition coefficient (Wildman–Crippen LogP) is 2.88. The lowest BCUT2D eigenvalue weighted by Gasteiger charge is -2.29. The van der Waals surface area contributed by atoms with E-state index in [2.05, 4.69) is 20.3 Å². The molecule has 0 bridgehead atoms. The Labute approximate surface area is 158 Å². The maximum absolute atomic E-state index is 13.0. The van der Waals surface area contributed by atoms with Gasteiger partial charge in [0.1, 0.15) is 18.1 Å². The van der Waals surface area contributed by atoms with Gasteiger partial charge in [0.05, 0.1) is 23.4 Å². The fourth-order valence-electron chi connectivity index (χ4n) is 3.02. The number of nitrogens with zero attached hydrogens (tertiary/aromatic N) is 4. The van der Waals surface area contributed by atoms with E-state index in [1.165, 1.54) is 24.8 Å². The van der Waals surface area contributed by atoms with E-state index in [1.54, 1.807) is 0 Å². The highest BCUT2D eigenvalue weighted by atomic mass is 19.4. The Morgan fingerprint density at radius 1 is 1.18 bits per heavy atom. The van der Waals surface area contributed by atoms with Crippen molar-refractivity contribution < 1.29 is 22.7 Å². The summed E-state index contributed by atoms with van der Waals surface area (Å²) in [5.74, 6) is -0.295. The highest BCUT2D eigenvalue weighted by Gasteiger charge is 2.35. The summed E-state index contributed by atoms with van der Waals surface area (Å²) < 4.78 is 44.7. The molecule has 0 spiro atoms. The minimum absolute atomic E-state index is 0.0276. The first kappa shape index (κ1) is 19.5. The second-order valence-electron chi connectivity index (χ2n) is 6.37. The molecule has 1 aliphatic rings. The molecule has 1 amide bonds. The fourth-order valence-corrected chi connectivity index (χ4v) is 3.02. The lowest BCUT2D eigenvalue weighted by Crippen LogP contribution is -2.39. The number of carbonyl (C=O) groups is 1. The number of hydrogen-bond donors (Lipinski definition) is 1. The van der Waals surface area contributed by atoms with Gasteiger partial charge in [-0.05, 0) is 31.7 Å². The molecule has 0 atom stereocenters. The van der Waals surface area contributed by atoms with E-state index in [9.17, 15) is 18.0 Å². The minimum Gasteiger partial charge on any atom is -0.489 e. The van der Waals surface area contributed by atoms with E-state index in [1.807, 2.05) is 0 Å². The van der Waals surface area contributed by atoms with E-state index >= 15 is 0 Å². The van der Waals surface area contributed by atoms with Crippen LogP contribution < -0.4 is 10.1 Å². The average Bonchev–Trinajstić information content (AvgIpc) is 2.69. The highest BCUT2D eigenvalue weighted by molar-refractivity contribution is 5.93. The van der Waals surface area contributed by atoms with Crippen molar-refractivity contribution in [2.75, 3.05) is 0 Å². The topological polar surface area (TPSA) is 101 Å². The van der Waals surface area contributed by atoms with Gasteiger partial charge in [0.2, 0.25) is 0 Å². The van der Waals surface area contributed by atoms with Gasteiger partial charge < -0.3 is 10.1 Å². The molecule has 7 nitrogen and oxygen atoms in total. The summed E-state index contributed by atoms with van der Waals surface area (Å²) in [6.45, 7) is 0. The quantitative estimate of drug-likeness (QED) is 0.860. The van der Waals surface area contributed by atoms with Crippen LogP contribution >= 0.6 is 0 Å². The van der Waals surface area contributed by atoms with Crippen molar-refractivity contribution in [2.45, 2.75) is 44.0 Å². The molecule has 0 radical (unpaired) electrons. The Kier molecular flexibility index (Phi) is 5.73. The van der Waals surface area contributed by atoms with E-state index in [0.717, 1.165) is 12.3 Å². The first-order chi connectivity index (χ1) is 13.4.